The van der Waals surface area contributed by atoms with E-state index in [1.807, 2.05) is 19.9 Å². The normalized spacial score (nSPS) is 17.7. The number of amides is 2. The van der Waals surface area contributed by atoms with Crippen molar-refractivity contribution in [3.05, 3.63) is 34.9 Å². The van der Waals surface area contributed by atoms with Crippen LogP contribution in [0.4, 0.5) is 0 Å². The Morgan fingerprint density at radius 2 is 1.85 bits per heavy atom. The second-order valence-corrected chi connectivity index (χ2v) is 6.07. The number of likely N-dealkylation sites (tertiary alicyclic amines) is 1. The molecule has 1 aliphatic heterocycles. The molecule has 4 nitrogen and oxygen atoms in total. The second-order valence-electron chi connectivity index (χ2n) is 6.07. The highest BCUT2D eigenvalue weighted by Gasteiger charge is 2.45. The summed E-state index contributed by atoms with van der Waals surface area (Å²) in [6, 6.07) is 5.41. The average molecular weight is 273 g/mol. The van der Waals surface area contributed by atoms with E-state index in [1.165, 1.54) is 0 Å². The van der Waals surface area contributed by atoms with Gasteiger partial charge in [0.1, 0.15) is 0 Å². The van der Waals surface area contributed by atoms with Crippen molar-refractivity contribution in [2.45, 2.75) is 34.1 Å². The third kappa shape index (κ3) is 2.50. The minimum Gasteiger partial charge on any atom is -0.292 e. The van der Waals surface area contributed by atoms with E-state index in [0.717, 1.165) is 16.0 Å². The highest BCUT2D eigenvalue weighted by atomic mass is 16.2. The topological polar surface area (TPSA) is 54.5 Å². The van der Waals surface area contributed by atoms with E-state index < -0.39 is 5.41 Å². The number of hydrogen-bond donors (Lipinski definition) is 0. The van der Waals surface area contributed by atoms with Gasteiger partial charge >= 0.3 is 0 Å². The Labute approximate surface area is 118 Å². The van der Waals surface area contributed by atoms with Crippen molar-refractivity contribution in [1.29, 1.82) is 0 Å². The van der Waals surface area contributed by atoms with E-state index in [9.17, 15) is 14.4 Å². The summed E-state index contributed by atoms with van der Waals surface area (Å²) in [4.78, 5) is 37.2. The Kier molecular flexibility index (Phi) is 3.50. The van der Waals surface area contributed by atoms with E-state index in [2.05, 4.69) is 0 Å². The van der Waals surface area contributed by atoms with E-state index in [1.54, 1.807) is 26.0 Å². The molecule has 1 heterocycles. The minimum absolute atomic E-state index is 0.163. The number of ketones is 1. The van der Waals surface area contributed by atoms with Crippen molar-refractivity contribution >= 4 is 17.6 Å². The predicted octanol–water partition coefficient (Wildman–Crippen LogP) is 2.27. The molecular weight excluding hydrogens is 254 g/mol. The van der Waals surface area contributed by atoms with Gasteiger partial charge < -0.3 is 0 Å². The van der Waals surface area contributed by atoms with Crippen LogP contribution in [0.25, 0.3) is 0 Å². The molecular formula is C16H19NO3. The fourth-order valence-electron chi connectivity index (χ4n) is 2.34. The van der Waals surface area contributed by atoms with Crippen molar-refractivity contribution in [1.82, 2.24) is 4.90 Å². The first-order chi connectivity index (χ1) is 9.22. The Balaban J connectivity index is 2.18. The number of hydrogen-bond acceptors (Lipinski definition) is 3. The molecule has 1 fully saturated rings. The molecule has 1 aliphatic rings. The lowest BCUT2D eigenvalue weighted by molar-refractivity contribution is -0.140. The van der Waals surface area contributed by atoms with Crippen LogP contribution in [-0.2, 0) is 9.59 Å². The summed E-state index contributed by atoms with van der Waals surface area (Å²) in [5, 5.41) is 0. The van der Waals surface area contributed by atoms with Crippen LogP contribution in [0.1, 0.15) is 41.8 Å². The molecule has 2 rings (SSSR count). The average Bonchev–Trinajstić information content (AvgIpc) is 2.55. The zero-order valence-electron chi connectivity index (χ0n) is 12.3. The molecule has 0 saturated carbocycles. The standard InChI is InChI=1S/C16H19NO3/c1-10-5-6-12(7-11(10)2)13(18)9-17-14(19)8-16(3,4)15(17)20/h5-7H,8-9H2,1-4H3. The Morgan fingerprint density at radius 3 is 2.35 bits per heavy atom. The maximum atomic E-state index is 12.2. The predicted molar refractivity (Wildman–Crippen MR) is 75.4 cm³/mol. The summed E-state index contributed by atoms with van der Waals surface area (Å²) >= 11 is 0. The molecule has 0 N–H and O–H groups in total. The number of benzene rings is 1. The third-order valence-corrected chi connectivity index (χ3v) is 3.85. The largest absolute Gasteiger partial charge is 0.292 e. The lowest BCUT2D eigenvalue weighted by atomic mass is 9.92. The third-order valence-electron chi connectivity index (χ3n) is 3.85. The molecule has 0 bridgehead atoms. The van der Waals surface area contributed by atoms with Crippen LogP contribution in [0, 0.1) is 19.3 Å². The van der Waals surface area contributed by atoms with Crippen molar-refractivity contribution in [2.24, 2.45) is 5.41 Å². The molecule has 0 atom stereocenters. The molecule has 1 aromatic rings. The zero-order valence-corrected chi connectivity index (χ0v) is 12.3. The molecule has 0 radical (unpaired) electrons. The van der Waals surface area contributed by atoms with Gasteiger partial charge in [-0.25, -0.2) is 0 Å². The van der Waals surface area contributed by atoms with Crippen molar-refractivity contribution in [2.75, 3.05) is 6.54 Å². The minimum atomic E-state index is -0.694. The summed E-state index contributed by atoms with van der Waals surface area (Å²) in [5.74, 6) is -0.732. The van der Waals surface area contributed by atoms with Crippen LogP contribution >= 0.6 is 0 Å². The number of imide groups is 1. The molecule has 0 aliphatic carbocycles. The van der Waals surface area contributed by atoms with Gasteiger partial charge in [-0.3, -0.25) is 19.3 Å². The Hall–Kier alpha value is -1.97. The monoisotopic (exact) mass is 273 g/mol. The smallest absolute Gasteiger partial charge is 0.235 e. The van der Waals surface area contributed by atoms with Crippen LogP contribution in [-0.4, -0.2) is 29.0 Å². The molecule has 0 unspecified atom stereocenters. The van der Waals surface area contributed by atoms with Gasteiger partial charge in [0.25, 0.3) is 0 Å². The van der Waals surface area contributed by atoms with E-state index in [0.29, 0.717) is 5.56 Å². The second kappa shape index (κ2) is 4.85. The summed E-state index contributed by atoms with van der Waals surface area (Å²) in [6.45, 7) is 7.20. The quantitative estimate of drug-likeness (QED) is 0.627. The van der Waals surface area contributed by atoms with Crippen molar-refractivity contribution < 1.29 is 14.4 Å². The highest BCUT2D eigenvalue weighted by Crippen LogP contribution is 2.31. The number of carbonyl (C=O) groups excluding carboxylic acids is 3. The van der Waals surface area contributed by atoms with Crippen LogP contribution < -0.4 is 0 Å². The molecule has 1 aromatic carbocycles. The maximum Gasteiger partial charge on any atom is 0.235 e. The fraction of sp³-hybridized carbons (Fsp3) is 0.438. The van der Waals surface area contributed by atoms with Crippen LogP contribution in [0.15, 0.2) is 18.2 Å². The molecule has 2 amide bonds. The van der Waals surface area contributed by atoms with Gasteiger partial charge in [0.2, 0.25) is 11.8 Å². The highest BCUT2D eigenvalue weighted by molar-refractivity contribution is 6.10. The van der Waals surface area contributed by atoms with Crippen LogP contribution in [0.5, 0.6) is 0 Å². The van der Waals surface area contributed by atoms with E-state index >= 15 is 0 Å². The van der Waals surface area contributed by atoms with Gasteiger partial charge in [0.15, 0.2) is 5.78 Å². The molecule has 0 aromatic heterocycles. The van der Waals surface area contributed by atoms with Gasteiger partial charge in [0.05, 0.1) is 12.0 Å². The first-order valence-electron chi connectivity index (χ1n) is 6.67. The summed E-state index contributed by atoms with van der Waals surface area (Å²) in [6.07, 6.45) is 0.173. The Morgan fingerprint density at radius 1 is 1.20 bits per heavy atom. The number of carbonyl (C=O) groups is 3. The molecule has 4 heteroatoms. The van der Waals surface area contributed by atoms with Gasteiger partial charge in [-0.15, -0.1) is 0 Å². The number of Topliss-reactive ketones (excluding diaryl/α,β-unsaturated/α-hetero) is 1. The first kappa shape index (κ1) is 14.4. The molecule has 0 spiro atoms. The van der Waals surface area contributed by atoms with Gasteiger partial charge in [-0.2, -0.15) is 0 Å². The van der Waals surface area contributed by atoms with Crippen LogP contribution in [0.3, 0.4) is 0 Å². The number of nitrogens with zero attached hydrogens (tertiary/aromatic N) is 1. The summed E-state index contributed by atoms with van der Waals surface area (Å²) in [7, 11) is 0. The summed E-state index contributed by atoms with van der Waals surface area (Å²) in [5.41, 5.74) is 1.98. The van der Waals surface area contributed by atoms with E-state index in [-0.39, 0.29) is 30.6 Å². The van der Waals surface area contributed by atoms with Crippen molar-refractivity contribution in [3.8, 4) is 0 Å². The van der Waals surface area contributed by atoms with E-state index in [4.69, 9.17) is 0 Å². The van der Waals surface area contributed by atoms with Gasteiger partial charge in [0, 0.05) is 12.0 Å². The summed E-state index contributed by atoms with van der Waals surface area (Å²) < 4.78 is 0. The number of aryl methyl sites for hydroxylation is 2. The molecule has 106 valence electrons. The number of rotatable bonds is 3. The molecule has 20 heavy (non-hydrogen) atoms. The SMILES string of the molecule is Cc1ccc(C(=O)CN2C(=O)CC(C)(C)C2=O)cc1C. The lowest BCUT2D eigenvalue weighted by Crippen LogP contribution is -2.37. The zero-order chi connectivity index (χ0) is 15.1. The maximum absolute atomic E-state index is 12.2. The molecule has 1 saturated heterocycles. The fourth-order valence-corrected chi connectivity index (χ4v) is 2.34. The Bertz CT molecular complexity index is 602. The van der Waals surface area contributed by atoms with Crippen LogP contribution in [0.2, 0.25) is 0 Å². The van der Waals surface area contributed by atoms with Crippen molar-refractivity contribution in [3.63, 3.8) is 0 Å². The first-order valence-corrected chi connectivity index (χ1v) is 6.67. The lowest BCUT2D eigenvalue weighted by Gasteiger charge is -2.17. The van der Waals surface area contributed by atoms with Gasteiger partial charge in [-0.1, -0.05) is 26.0 Å². The van der Waals surface area contributed by atoms with Gasteiger partial charge in [-0.05, 0) is 31.0 Å².